The number of benzene rings is 2. The molecule has 0 spiro atoms. The van der Waals surface area contributed by atoms with Crippen molar-refractivity contribution >= 4 is 35.1 Å². The SMILES string of the molecule is CC1=C(C(=O)OCCc2ccccc2)[C@@H](c2cccc(Cl)c2Cl)CC(=O)N1. The second-order valence-electron chi connectivity index (χ2n) is 6.36. The lowest BCUT2D eigenvalue weighted by Gasteiger charge is -2.27. The van der Waals surface area contributed by atoms with Crippen LogP contribution in [0.3, 0.4) is 0 Å². The van der Waals surface area contributed by atoms with E-state index in [-0.39, 0.29) is 18.9 Å². The first-order chi connectivity index (χ1) is 13.0. The number of halogens is 2. The van der Waals surface area contributed by atoms with Crippen molar-refractivity contribution in [1.82, 2.24) is 5.32 Å². The van der Waals surface area contributed by atoms with Gasteiger partial charge in [-0.15, -0.1) is 0 Å². The Morgan fingerprint density at radius 3 is 2.63 bits per heavy atom. The maximum Gasteiger partial charge on any atom is 0.336 e. The van der Waals surface area contributed by atoms with E-state index in [1.807, 2.05) is 30.3 Å². The van der Waals surface area contributed by atoms with E-state index in [1.165, 1.54) is 0 Å². The Bertz CT molecular complexity index is 894. The summed E-state index contributed by atoms with van der Waals surface area (Å²) in [6.07, 6.45) is 0.731. The molecule has 1 heterocycles. The lowest BCUT2D eigenvalue weighted by Crippen LogP contribution is -2.34. The summed E-state index contributed by atoms with van der Waals surface area (Å²) < 4.78 is 5.49. The number of esters is 1. The third-order valence-corrected chi connectivity index (χ3v) is 5.35. The second-order valence-corrected chi connectivity index (χ2v) is 7.14. The van der Waals surface area contributed by atoms with E-state index in [0.717, 1.165) is 5.56 Å². The molecule has 3 rings (SSSR count). The lowest BCUT2D eigenvalue weighted by molar-refractivity contribution is -0.139. The molecule has 0 fully saturated rings. The molecule has 0 radical (unpaired) electrons. The van der Waals surface area contributed by atoms with Gasteiger partial charge in [-0.05, 0) is 24.1 Å². The van der Waals surface area contributed by atoms with Gasteiger partial charge >= 0.3 is 5.97 Å². The molecular formula is C21H19Cl2NO3. The largest absolute Gasteiger partial charge is 0.462 e. The molecule has 2 aromatic rings. The van der Waals surface area contributed by atoms with Crippen molar-refractivity contribution in [3.05, 3.63) is 81.0 Å². The predicted octanol–water partition coefficient (Wildman–Crippen LogP) is 4.66. The first kappa shape index (κ1) is 19.5. The highest BCUT2D eigenvalue weighted by Crippen LogP contribution is 2.39. The number of allylic oxidation sites excluding steroid dienone is 1. The minimum atomic E-state index is -0.492. The number of hydrogen-bond donors (Lipinski definition) is 1. The Kier molecular flexibility index (Phi) is 6.19. The molecule has 0 aliphatic carbocycles. The van der Waals surface area contributed by atoms with Crippen molar-refractivity contribution in [2.75, 3.05) is 6.61 Å². The smallest absolute Gasteiger partial charge is 0.336 e. The Balaban J connectivity index is 1.81. The van der Waals surface area contributed by atoms with Crippen LogP contribution in [0.15, 0.2) is 59.8 Å². The van der Waals surface area contributed by atoms with Gasteiger partial charge in [0.2, 0.25) is 5.91 Å². The van der Waals surface area contributed by atoms with Crippen LogP contribution < -0.4 is 5.32 Å². The summed E-state index contributed by atoms with van der Waals surface area (Å²) in [4.78, 5) is 24.8. The number of amides is 1. The number of rotatable bonds is 5. The number of carbonyl (C=O) groups is 2. The number of carbonyl (C=O) groups excluding carboxylic acids is 2. The lowest BCUT2D eigenvalue weighted by atomic mass is 9.84. The average molecular weight is 404 g/mol. The van der Waals surface area contributed by atoms with E-state index in [1.54, 1.807) is 25.1 Å². The highest BCUT2D eigenvalue weighted by Gasteiger charge is 2.34. The zero-order valence-corrected chi connectivity index (χ0v) is 16.3. The molecule has 4 nitrogen and oxygen atoms in total. The van der Waals surface area contributed by atoms with Crippen LogP contribution in [0.5, 0.6) is 0 Å². The minimum absolute atomic E-state index is 0.112. The average Bonchev–Trinajstić information content (AvgIpc) is 2.64. The van der Waals surface area contributed by atoms with E-state index in [2.05, 4.69) is 5.32 Å². The molecule has 1 amide bonds. The van der Waals surface area contributed by atoms with Gasteiger partial charge in [0.1, 0.15) is 0 Å². The Labute approximate surface area is 168 Å². The third kappa shape index (κ3) is 4.52. The normalized spacial score (nSPS) is 16.9. The monoisotopic (exact) mass is 403 g/mol. The summed E-state index contributed by atoms with van der Waals surface area (Å²) in [6, 6.07) is 15.0. The van der Waals surface area contributed by atoms with Crippen molar-refractivity contribution in [3.63, 3.8) is 0 Å². The predicted molar refractivity (Wildman–Crippen MR) is 106 cm³/mol. The van der Waals surface area contributed by atoms with Crippen LogP contribution in [-0.2, 0) is 20.7 Å². The summed E-state index contributed by atoms with van der Waals surface area (Å²) in [5.41, 5.74) is 2.62. The van der Waals surface area contributed by atoms with Gasteiger partial charge in [-0.25, -0.2) is 4.79 Å². The Morgan fingerprint density at radius 2 is 1.89 bits per heavy atom. The van der Waals surface area contributed by atoms with Crippen molar-refractivity contribution < 1.29 is 14.3 Å². The van der Waals surface area contributed by atoms with Crippen LogP contribution in [0.1, 0.15) is 30.4 Å². The standard InChI is InChI=1S/C21H19Cl2NO3/c1-13-19(21(26)27-11-10-14-6-3-2-4-7-14)16(12-18(25)24-13)15-8-5-9-17(22)20(15)23/h2-9,16H,10-12H2,1H3,(H,24,25)/t16-/m1/s1. The highest BCUT2D eigenvalue weighted by atomic mass is 35.5. The van der Waals surface area contributed by atoms with Gasteiger partial charge < -0.3 is 10.1 Å². The number of hydrogen-bond acceptors (Lipinski definition) is 3. The Hall–Kier alpha value is -2.30. The van der Waals surface area contributed by atoms with Crippen molar-refractivity contribution in [1.29, 1.82) is 0 Å². The molecule has 140 valence electrons. The van der Waals surface area contributed by atoms with Crippen LogP contribution in [-0.4, -0.2) is 18.5 Å². The number of nitrogens with one attached hydrogen (secondary N) is 1. The maximum atomic E-state index is 12.8. The summed E-state index contributed by atoms with van der Waals surface area (Å²) in [5.74, 6) is -1.12. The van der Waals surface area contributed by atoms with E-state index < -0.39 is 11.9 Å². The molecule has 2 aromatic carbocycles. The van der Waals surface area contributed by atoms with E-state index in [0.29, 0.717) is 33.3 Å². The van der Waals surface area contributed by atoms with Crippen molar-refractivity contribution in [2.45, 2.75) is 25.7 Å². The van der Waals surface area contributed by atoms with E-state index >= 15 is 0 Å². The van der Waals surface area contributed by atoms with Crippen LogP contribution in [0.4, 0.5) is 0 Å². The third-order valence-electron chi connectivity index (χ3n) is 4.51. The highest BCUT2D eigenvalue weighted by molar-refractivity contribution is 6.42. The fraction of sp³-hybridized carbons (Fsp3) is 0.238. The molecule has 1 aliphatic rings. The molecule has 0 aromatic heterocycles. The van der Waals surface area contributed by atoms with Crippen molar-refractivity contribution in [2.24, 2.45) is 0 Å². The minimum Gasteiger partial charge on any atom is -0.462 e. The van der Waals surface area contributed by atoms with E-state index in [9.17, 15) is 9.59 Å². The first-order valence-corrected chi connectivity index (χ1v) is 9.38. The van der Waals surface area contributed by atoms with Crippen molar-refractivity contribution in [3.8, 4) is 0 Å². The summed E-state index contributed by atoms with van der Waals surface area (Å²) in [7, 11) is 0. The van der Waals surface area contributed by atoms with Crippen LogP contribution >= 0.6 is 23.2 Å². The second kappa shape index (κ2) is 8.59. The molecular weight excluding hydrogens is 385 g/mol. The maximum absolute atomic E-state index is 12.8. The molecule has 1 atom stereocenters. The quantitative estimate of drug-likeness (QED) is 0.738. The van der Waals surface area contributed by atoms with E-state index in [4.69, 9.17) is 27.9 Å². The molecule has 27 heavy (non-hydrogen) atoms. The molecule has 0 unspecified atom stereocenters. The summed E-state index contributed by atoms with van der Waals surface area (Å²) in [6.45, 7) is 1.94. The van der Waals surface area contributed by atoms with Gasteiger partial charge in [0, 0.05) is 24.5 Å². The number of ether oxygens (including phenoxy) is 1. The zero-order chi connectivity index (χ0) is 19.4. The van der Waals surface area contributed by atoms with Gasteiger partial charge in [0.15, 0.2) is 0 Å². The fourth-order valence-corrected chi connectivity index (χ4v) is 3.65. The van der Waals surface area contributed by atoms with Gasteiger partial charge in [-0.1, -0.05) is 65.7 Å². The van der Waals surface area contributed by atoms with Gasteiger partial charge in [0.05, 0.1) is 22.2 Å². The molecule has 1 aliphatic heterocycles. The molecule has 1 N–H and O–H groups in total. The first-order valence-electron chi connectivity index (χ1n) is 8.63. The van der Waals surface area contributed by atoms with Crippen LogP contribution in [0.2, 0.25) is 10.0 Å². The molecule has 0 bridgehead atoms. The summed E-state index contributed by atoms with van der Waals surface area (Å²) in [5, 5.41) is 3.45. The molecule has 0 saturated carbocycles. The molecule has 0 saturated heterocycles. The van der Waals surface area contributed by atoms with Gasteiger partial charge in [0.25, 0.3) is 0 Å². The Morgan fingerprint density at radius 1 is 1.15 bits per heavy atom. The van der Waals surface area contributed by atoms with Gasteiger partial charge in [-0.2, -0.15) is 0 Å². The fourth-order valence-electron chi connectivity index (χ4n) is 3.21. The zero-order valence-electron chi connectivity index (χ0n) is 14.8. The summed E-state index contributed by atoms with van der Waals surface area (Å²) >= 11 is 12.5. The topological polar surface area (TPSA) is 55.4 Å². The molecule has 6 heteroatoms. The van der Waals surface area contributed by atoms with Crippen LogP contribution in [0, 0.1) is 0 Å². The van der Waals surface area contributed by atoms with Crippen LogP contribution in [0.25, 0.3) is 0 Å². The van der Waals surface area contributed by atoms with Gasteiger partial charge in [-0.3, -0.25) is 4.79 Å².